The van der Waals surface area contributed by atoms with Gasteiger partial charge in [0, 0.05) is 37.1 Å². The van der Waals surface area contributed by atoms with Crippen LogP contribution in [0.15, 0.2) is 41.8 Å². The van der Waals surface area contributed by atoms with Gasteiger partial charge in [0.25, 0.3) is 0 Å². The maximum atomic E-state index is 10.6. The van der Waals surface area contributed by atoms with Gasteiger partial charge < -0.3 is 5.11 Å². The normalized spacial score (nSPS) is 19.4. The van der Waals surface area contributed by atoms with Gasteiger partial charge in [0.15, 0.2) is 0 Å². The summed E-state index contributed by atoms with van der Waals surface area (Å²) >= 11 is 1.88. The van der Waals surface area contributed by atoms with Gasteiger partial charge in [-0.2, -0.15) is 0 Å². The molecule has 0 radical (unpaired) electrons. The minimum atomic E-state index is -0.312. The summed E-state index contributed by atoms with van der Waals surface area (Å²) in [5.74, 6) is 0. The second-order valence-corrected chi connectivity index (χ2v) is 7.80. The van der Waals surface area contributed by atoms with E-state index >= 15 is 0 Å². The molecular weight excluding hydrogens is 316 g/mol. The fraction of sp³-hybridized carbons (Fsp3) is 0.500. The molecular formula is C20H28N2OS. The maximum absolute atomic E-state index is 10.6. The molecule has 0 saturated carbocycles. The van der Waals surface area contributed by atoms with Crippen LogP contribution in [0.5, 0.6) is 0 Å². The first kappa shape index (κ1) is 17.6. The molecule has 2 aromatic rings. The first-order chi connectivity index (χ1) is 11.7. The summed E-state index contributed by atoms with van der Waals surface area (Å²) in [5.41, 5.74) is 2.78. The molecule has 3 nitrogen and oxygen atoms in total. The van der Waals surface area contributed by atoms with Crippen molar-refractivity contribution in [2.75, 3.05) is 26.7 Å². The zero-order chi connectivity index (χ0) is 16.9. The molecule has 0 aliphatic carbocycles. The van der Waals surface area contributed by atoms with Crippen LogP contribution in [-0.2, 0) is 13.0 Å². The number of aliphatic hydroxyl groups is 1. The SMILES string of the molecule is CCC1c2ccsc2CCN1CC(O)CN(C)Cc1ccccc1. The molecule has 2 heterocycles. The number of hydrogen-bond acceptors (Lipinski definition) is 4. The molecule has 24 heavy (non-hydrogen) atoms. The van der Waals surface area contributed by atoms with E-state index in [0.717, 1.165) is 32.5 Å². The third kappa shape index (κ3) is 4.25. The van der Waals surface area contributed by atoms with Gasteiger partial charge in [-0.05, 0) is 42.5 Å². The van der Waals surface area contributed by atoms with Crippen molar-refractivity contribution in [1.29, 1.82) is 0 Å². The van der Waals surface area contributed by atoms with E-state index in [1.807, 2.05) is 17.4 Å². The van der Waals surface area contributed by atoms with Crippen LogP contribution in [0, 0.1) is 0 Å². The summed E-state index contributed by atoms with van der Waals surface area (Å²) < 4.78 is 0. The fourth-order valence-electron chi connectivity index (χ4n) is 3.79. The third-order valence-electron chi connectivity index (χ3n) is 4.86. The molecule has 0 amide bonds. The Morgan fingerprint density at radius 3 is 2.83 bits per heavy atom. The summed E-state index contributed by atoms with van der Waals surface area (Å²) in [6.45, 7) is 5.65. The lowest BCUT2D eigenvalue weighted by atomic mass is 9.97. The Morgan fingerprint density at radius 1 is 1.29 bits per heavy atom. The number of rotatable bonds is 7. The van der Waals surface area contributed by atoms with E-state index in [9.17, 15) is 5.11 Å². The smallest absolute Gasteiger partial charge is 0.0794 e. The fourth-order valence-corrected chi connectivity index (χ4v) is 4.72. The van der Waals surface area contributed by atoms with Crippen molar-refractivity contribution in [2.45, 2.75) is 38.5 Å². The number of aliphatic hydroxyl groups excluding tert-OH is 1. The quantitative estimate of drug-likeness (QED) is 0.832. The molecule has 0 fully saturated rings. The topological polar surface area (TPSA) is 26.7 Å². The number of benzene rings is 1. The minimum Gasteiger partial charge on any atom is -0.390 e. The lowest BCUT2D eigenvalue weighted by Crippen LogP contribution is -2.43. The molecule has 4 heteroatoms. The van der Waals surface area contributed by atoms with E-state index in [2.05, 4.69) is 59.5 Å². The summed E-state index contributed by atoms with van der Waals surface area (Å²) in [6, 6.07) is 13.2. The molecule has 1 N–H and O–H groups in total. The predicted octanol–water partition coefficient (Wildman–Crippen LogP) is 3.55. The molecule has 130 valence electrons. The van der Waals surface area contributed by atoms with Crippen LogP contribution in [0.2, 0.25) is 0 Å². The maximum Gasteiger partial charge on any atom is 0.0794 e. The highest BCUT2D eigenvalue weighted by atomic mass is 32.1. The Hall–Kier alpha value is -1.20. The molecule has 2 atom stereocenters. The molecule has 2 unspecified atom stereocenters. The first-order valence-corrected chi connectivity index (χ1v) is 9.76. The molecule has 0 saturated heterocycles. The number of β-amino-alcohol motifs (C(OH)–C–C–N with tert-alkyl or cyclic N) is 1. The van der Waals surface area contributed by atoms with Crippen molar-refractivity contribution in [3.8, 4) is 0 Å². The van der Waals surface area contributed by atoms with E-state index in [1.165, 1.54) is 16.0 Å². The highest BCUT2D eigenvalue weighted by Crippen LogP contribution is 2.35. The van der Waals surface area contributed by atoms with Crippen LogP contribution >= 0.6 is 11.3 Å². The van der Waals surface area contributed by atoms with E-state index < -0.39 is 0 Å². The van der Waals surface area contributed by atoms with E-state index in [0.29, 0.717) is 12.6 Å². The average Bonchev–Trinajstić information content (AvgIpc) is 3.04. The molecule has 0 spiro atoms. The second-order valence-electron chi connectivity index (χ2n) is 6.80. The summed E-state index contributed by atoms with van der Waals surface area (Å²) in [6.07, 6.45) is 1.92. The number of thiophene rings is 1. The van der Waals surface area contributed by atoms with E-state index in [-0.39, 0.29) is 6.10 Å². The number of likely N-dealkylation sites (N-methyl/N-ethyl adjacent to an activating group) is 1. The van der Waals surface area contributed by atoms with Gasteiger partial charge >= 0.3 is 0 Å². The van der Waals surface area contributed by atoms with Gasteiger partial charge in [-0.15, -0.1) is 11.3 Å². The van der Waals surface area contributed by atoms with E-state index in [1.54, 1.807) is 0 Å². The van der Waals surface area contributed by atoms with Crippen molar-refractivity contribution in [1.82, 2.24) is 9.80 Å². The Morgan fingerprint density at radius 2 is 2.08 bits per heavy atom. The Balaban J connectivity index is 1.54. The van der Waals surface area contributed by atoms with Crippen molar-refractivity contribution in [2.24, 2.45) is 0 Å². The highest BCUT2D eigenvalue weighted by molar-refractivity contribution is 7.10. The first-order valence-electron chi connectivity index (χ1n) is 8.88. The number of hydrogen-bond donors (Lipinski definition) is 1. The summed E-state index contributed by atoms with van der Waals surface area (Å²) in [4.78, 5) is 6.21. The van der Waals surface area contributed by atoms with Gasteiger partial charge in [0.05, 0.1) is 6.10 Å². The lowest BCUT2D eigenvalue weighted by molar-refractivity contribution is 0.0573. The van der Waals surface area contributed by atoms with Crippen LogP contribution < -0.4 is 0 Å². The predicted molar refractivity (Wildman–Crippen MR) is 101 cm³/mol. The van der Waals surface area contributed by atoms with Crippen LogP contribution in [0.3, 0.4) is 0 Å². The van der Waals surface area contributed by atoms with Crippen LogP contribution in [-0.4, -0.2) is 47.7 Å². The minimum absolute atomic E-state index is 0.312. The van der Waals surface area contributed by atoms with Gasteiger partial charge in [-0.1, -0.05) is 37.3 Å². The molecule has 1 aliphatic rings. The molecule has 3 rings (SSSR count). The van der Waals surface area contributed by atoms with Crippen molar-refractivity contribution in [3.05, 3.63) is 57.8 Å². The van der Waals surface area contributed by atoms with Gasteiger partial charge in [-0.3, -0.25) is 9.80 Å². The highest BCUT2D eigenvalue weighted by Gasteiger charge is 2.28. The number of fused-ring (bicyclic) bond motifs is 1. The van der Waals surface area contributed by atoms with Crippen LogP contribution in [0.1, 0.15) is 35.4 Å². The Bertz CT molecular complexity index is 628. The lowest BCUT2D eigenvalue weighted by Gasteiger charge is -2.37. The van der Waals surface area contributed by atoms with E-state index in [4.69, 9.17) is 0 Å². The largest absolute Gasteiger partial charge is 0.390 e. The van der Waals surface area contributed by atoms with Crippen molar-refractivity contribution >= 4 is 11.3 Å². The van der Waals surface area contributed by atoms with Crippen LogP contribution in [0.4, 0.5) is 0 Å². The number of nitrogens with zero attached hydrogens (tertiary/aromatic N) is 2. The standard InChI is InChI=1S/C20H28N2OS/c1-3-19-18-10-12-24-20(18)9-11-22(19)15-17(23)14-21(2)13-16-7-5-4-6-8-16/h4-8,10,12,17,19,23H,3,9,11,13-15H2,1-2H3. The zero-order valence-corrected chi connectivity index (χ0v) is 15.5. The second kappa shape index (κ2) is 8.26. The van der Waals surface area contributed by atoms with Gasteiger partial charge in [0.1, 0.15) is 0 Å². The molecule has 1 aliphatic heterocycles. The Kier molecular flexibility index (Phi) is 6.06. The third-order valence-corrected chi connectivity index (χ3v) is 5.85. The summed E-state index contributed by atoms with van der Waals surface area (Å²) in [5, 5.41) is 12.8. The Labute approximate surface area is 149 Å². The van der Waals surface area contributed by atoms with Gasteiger partial charge in [-0.25, -0.2) is 0 Å². The van der Waals surface area contributed by atoms with Crippen molar-refractivity contribution < 1.29 is 5.11 Å². The molecule has 1 aromatic carbocycles. The monoisotopic (exact) mass is 344 g/mol. The molecule has 1 aromatic heterocycles. The zero-order valence-electron chi connectivity index (χ0n) is 14.7. The van der Waals surface area contributed by atoms with Gasteiger partial charge in [0.2, 0.25) is 0 Å². The average molecular weight is 345 g/mol. The van der Waals surface area contributed by atoms with Crippen molar-refractivity contribution in [3.63, 3.8) is 0 Å². The van der Waals surface area contributed by atoms with Crippen LogP contribution in [0.25, 0.3) is 0 Å². The molecule has 0 bridgehead atoms. The summed E-state index contributed by atoms with van der Waals surface area (Å²) in [7, 11) is 2.08.